The minimum atomic E-state index is 0.132. The zero-order valence-electron chi connectivity index (χ0n) is 11.7. The molecule has 0 saturated heterocycles. The summed E-state index contributed by atoms with van der Waals surface area (Å²) in [5.74, 6) is 0.996. The Labute approximate surface area is 124 Å². The normalized spacial score (nSPS) is 23.1. The molecule has 2 nitrogen and oxygen atoms in total. The molecule has 1 aliphatic carbocycles. The fourth-order valence-corrected chi connectivity index (χ4v) is 3.39. The maximum Gasteiger partial charge on any atom is 0.254 e. The van der Waals surface area contributed by atoms with Crippen molar-refractivity contribution in [2.75, 3.05) is 7.05 Å². The molecule has 1 aromatic rings. The van der Waals surface area contributed by atoms with Gasteiger partial charge in [0.25, 0.3) is 5.91 Å². The maximum absolute atomic E-state index is 12.5. The fraction of sp³-hybridized carbons (Fsp3) is 0.562. The van der Waals surface area contributed by atoms with Crippen molar-refractivity contribution < 1.29 is 4.79 Å². The van der Waals surface area contributed by atoms with Crippen LogP contribution in [0, 0.1) is 5.92 Å². The number of nitrogens with zero attached hydrogens (tertiary/aromatic N) is 1. The zero-order valence-corrected chi connectivity index (χ0v) is 13.3. The second kappa shape index (κ2) is 6.56. The molecule has 0 spiro atoms. The van der Waals surface area contributed by atoms with Gasteiger partial charge in [0.1, 0.15) is 0 Å². The van der Waals surface area contributed by atoms with E-state index in [1.54, 1.807) is 0 Å². The van der Waals surface area contributed by atoms with E-state index in [0.717, 1.165) is 28.8 Å². The summed E-state index contributed by atoms with van der Waals surface area (Å²) in [6.07, 6.45) is 6.08. The highest BCUT2D eigenvalue weighted by atomic mass is 79.9. The van der Waals surface area contributed by atoms with E-state index >= 15 is 0 Å². The van der Waals surface area contributed by atoms with E-state index in [1.807, 2.05) is 36.2 Å². The molecule has 3 heteroatoms. The summed E-state index contributed by atoms with van der Waals surface area (Å²) in [6.45, 7) is 2.26. The van der Waals surface area contributed by atoms with E-state index in [4.69, 9.17) is 0 Å². The standard InChI is InChI=1S/C16H22BrNO/c1-3-12-8-10-13(11-9-12)18(2)16(19)14-6-4-5-7-15(14)17/h4-7,12-13H,3,8-11H2,1-2H3. The van der Waals surface area contributed by atoms with E-state index < -0.39 is 0 Å². The van der Waals surface area contributed by atoms with Gasteiger partial charge < -0.3 is 4.90 Å². The molecule has 0 unspecified atom stereocenters. The minimum absolute atomic E-state index is 0.132. The minimum Gasteiger partial charge on any atom is -0.339 e. The van der Waals surface area contributed by atoms with Crippen LogP contribution in [0.3, 0.4) is 0 Å². The third-order valence-electron chi connectivity index (χ3n) is 4.37. The number of amides is 1. The number of halogens is 1. The van der Waals surface area contributed by atoms with Crippen LogP contribution in [0.15, 0.2) is 28.7 Å². The number of hydrogen-bond acceptors (Lipinski definition) is 1. The molecule has 104 valence electrons. The molecular formula is C16H22BrNO. The highest BCUT2D eigenvalue weighted by molar-refractivity contribution is 9.10. The number of rotatable bonds is 3. The van der Waals surface area contributed by atoms with Crippen molar-refractivity contribution in [1.29, 1.82) is 0 Å². The topological polar surface area (TPSA) is 20.3 Å². The Hall–Kier alpha value is -0.830. The first-order chi connectivity index (χ1) is 9.13. The van der Waals surface area contributed by atoms with Gasteiger partial charge in [0, 0.05) is 17.6 Å². The molecule has 2 rings (SSSR count). The molecule has 0 atom stereocenters. The van der Waals surface area contributed by atoms with E-state index in [-0.39, 0.29) is 5.91 Å². The van der Waals surface area contributed by atoms with Gasteiger partial charge in [0.05, 0.1) is 5.56 Å². The van der Waals surface area contributed by atoms with Gasteiger partial charge in [0.2, 0.25) is 0 Å². The van der Waals surface area contributed by atoms with Crippen molar-refractivity contribution in [2.24, 2.45) is 5.92 Å². The summed E-state index contributed by atoms with van der Waals surface area (Å²) in [6, 6.07) is 8.07. The van der Waals surface area contributed by atoms with E-state index in [2.05, 4.69) is 22.9 Å². The number of benzene rings is 1. The molecule has 1 fully saturated rings. The molecule has 0 radical (unpaired) electrons. The smallest absolute Gasteiger partial charge is 0.254 e. The van der Waals surface area contributed by atoms with Gasteiger partial charge in [-0.15, -0.1) is 0 Å². The molecule has 0 heterocycles. The molecule has 0 bridgehead atoms. The lowest BCUT2D eigenvalue weighted by Gasteiger charge is -2.34. The Morgan fingerprint density at radius 3 is 2.47 bits per heavy atom. The predicted octanol–water partition coefficient (Wildman–Crippen LogP) is 4.49. The first-order valence-corrected chi connectivity index (χ1v) is 7.94. The monoisotopic (exact) mass is 323 g/mol. The van der Waals surface area contributed by atoms with Crippen LogP contribution in [-0.4, -0.2) is 23.9 Å². The van der Waals surface area contributed by atoms with Crippen LogP contribution < -0.4 is 0 Å². The van der Waals surface area contributed by atoms with Gasteiger partial charge in [-0.1, -0.05) is 25.5 Å². The summed E-state index contributed by atoms with van der Waals surface area (Å²) >= 11 is 3.46. The van der Waals surface area contributed by atoms with Crippen LogP contribution in [-0.2, 0) is 0 Å². The Bertz CT molecular complexity index is 438. The van der Waals surface area contributed by atoms with E-state index in [0.29, 0.717) is 6.04 Å². The van der Waals surface area contributed by atoms with Crippen LogP contribution in [0.1, 0.15) is 49.4 Å². The SMILES string of the molecule is CCC1CCC(N(C)C(=O)c2ccccc2Br)CC1. The lowest BCUT2D eigenvalue weighted by molar-refractivity contribution is 0.0674. The van der Waals surface area contributed by atoms with Gasteiger partial charge in [-0.25, -0.2) is 0 Å². The molecule has 0 aromatic heterocycles. The summed E-state index contributed by atoms with van der Waals surface area (Å²) in [4.78, 5) is 14.4. The van der Waals surface area contributed by atoms with Crippen LogP contribution in [0.2, 0.25) is 0 Å². The summed E-state index contributed by atoms with van der Waals surface area (Å²) in [5.41, 5.74) is 0.766. The second-order valence-corrected chi connectivity index (χ2v) is 6.33. The highest BCUT2D eigenvalue weighted by Gasteiger charge is 2.26. The van der Waals surface area contributed by atoms with Crippen LogP contribution in [0.5, 0.6) is 0 Å². The van der Waals surface area contributed by atoms with E-state index in [9.17, 15) is 4.79 Å². The van der Waals surface area contributed by atoms with Crippen molar-refractivity contribution in [3.05, 3.63) is 34.3 Å². The van der Waals surface area contributed by atoms with Crippen molar-refractivity contribution in [3.63, 3.8) is 0 Å². The molecule has 0 N–H and O–H groups in total. The summed E-state index contributed by atoms with van der Waals surface area (Å²) < 4.78 is 0.883. The largest absolute Gasteiger partial charge is 0.339 e. The third kappa shape index (κ3) is 3.38. The first-order valence-electron chi connectivity index (χ1n) is 7.15. The van der Waals surface area contributed by atoms with Gasteiger partial charge in [-0.2, -0.15) is 0 Å². The number of hydrogen-bond donors (Lipinski definition) is 0. The lowest BCUT2D eigenvalue weighted by Crippen LogP contribution is -2.39. The van der Waals surface area contributed by atoms with Gasteiger partial charge in [-0.05, 0) is 59.7 Å². The second-order valence-electron chi connectivity index (χ2n) is 5.48. The average Bonchev–Trinajstić information content (AvgIpc) is 2.46. The average molecular weight is 324 g/mol. The number of carbonyl (C=O) groups excluding carboxylic acids is 1. The van der Waals surface area contributed by atoms with Gasteiger partial charge in [-0.3, -0.25) is 4.79 Å². The van der Waals surface area contributed by atoms with Crippen LogP contribution in [0.4, 0.5) is 0 Å². The third-order valence-corrected chi connectivity index (χ3v) is 5.06. The van der Waals surface area contributed by atoms with Gasteiger partial charge >= 0.3 is 0 Å². The molecule has 1 aliphatic rings. The molecule has 1 aromatic carbocycles. The maximum atomic E-state index is 12.5. The summed E-state index contributed by atoms with van der Waals surface area (Å²) in [7, 11) is 1.94. The predicted molar refractivity (Wildman–Crippen MR) is 82.3 cm³/mol. The lowest BCUT2D eigenvalue weighted by atomic mass is 9.84. The Morgan fingerprint density at radius 2 is 1.89 bits per heavy atom. The molecular weight excluding hydrogens is 302 g/mol. The van der Waals surface area contributed by atoms with E-state index in [1.165, 1.54) is 19.3 Å². The number of carbonyl (C=O) groups is 1. The van der Waals surface area contributed by atoms with Crippen molar-refractivity contribution >= 4 is 21.8 Å². The Balaban J connectivity index is 2.02. The van der Waals surface area contributed by atoms with Crippen molar-refractivity contribution in [3.8, 4) is 0 Å². The molecule has 19 heavy (non-hydrogen) atoms. The van der Waals surface area contributed by atoms with Crippen molar-refractivity contribution in [1.82, 2.24) is 4.90 Å². The fourth-order valence-electron chi connectivity index (χ4n) is 2.93. The van der Waals surface area contributed by atoms with Crippen LogP contribution >= 0.6 is 15.9 Å². The molecule has 1 amide bonds. The Kier molecular flexibility index (Phi) is 5.03. The quantitative estimate of drug-likeness (QED) is 0.802. The highest BCUT2D eigenvalue weighted by Crippen LogP contribution is 2.30. The zero-order chi connectivity index (χ0) is 13.8. The Morgan fingerprint density at radius 1 is 1.26 bits per heavy atom. The van der Waals surface area contributed by atoms with Crippen LogP contribution in [0.25, 0.3) is 0 Å². The van der Waals surface area contributed by atoms with Gasteiger partial charge in [0.15, 0.2) is 0 Å². The molecule has 1 saturated carbocycles. The summed E-state index contributed by atoms with van der Waals surface area (Å²) in [5, 5.41) is 0. The molecule has 0 aliphatic heterocycles. The first kappa shape index (κ1) is 14.6. The van der Waals surface area contributed by atoms with Crippen molar-refractivity contribution in [2.45, 2.75) is 45.1 Å².